The Bertz CT molecular complexity index is 519. The van der Waals surface area contributed by atoms with Crippen LogP contribution in [0.3, 0.4) is 0 Å². The fourth-order valence-corrected chi connectivity index (χ4v) is 2.82. The van der Waals surface area contributed by atoms with Crippen LogP contribution in [-0.4, -0.2) is 30.8 Å². The molecule has 0 saturated carbocycles. The molecule has 1 atom stereocenters. The van der Waals surface area contributed by atoms with E-state index in [1.165, 1.54) is 24.7 Å². The quantitative estimate of drug-likeness (QED) is 0.826. The third-order valence-corrected chi connectivity index (χ3v) is 4.46. The van der Waals surface area contributed by atoms with Crippen molar-refractivity contribution < 1.29 is 14.5 Å². The van der Waals surface area contributed by atoms with Crippen LogP contribution in [0.15, 0.2) is 24.3 Å². The van der Waals surface area contributed by atoms with Crippen LogP contribution in [0, 0.1) is 5.92 Å². The number of carbonyl (C=O) groups excluding carboxylic acids is 2. The van der Waals surface area contributed by atoms with Crippen molar-refractivity contribution in [1.29, 1.82) is 0 Å². The lowest BCUT2D eigenvalue weighted by Gasteiger charge is -2.31. The van der Waals surface area contributed by atoms with Gasteiger partial charge in [-0.25, -0.2) is 0 Å². The summed E-state index contributed by atoms with van der Waals surface area (Å²) in [7, 11) is 0. The van der Waals surface area contributed by atoms with Crippen LogP contribution in [0.1, 0.15) is 44.0 Å². The molecular weight excluding hydrogens is 264 g/mol. The van der Waals surface area contributed by atoms with Crippen molar-refractivity contribution in [3.8, 4) is 0 Å². The lowest BCUT2D eigenvalue weighted by Crippen LogP contribution is -3.17. The highest BCUT2D eigenvalue weighted by Crippen LogP contribution is 2.12. The third-order valence-electron chi connectivity index (χ3n) is 4.46. The van der Waals surface area contributed by atoms with Crippen LogP contribution in [0.25, 0.3) is 0 Å². The van der Waals surface area contributed by atoms with Crippen molar-refractivity contribution >= 4 is 17.4 Å². The zero-order chi connectivity index (χ0) is 15.4. The van der Waals surface area contributed by atoms with E-state index in [1.807, 2.05) is 13.0 Å². The average molecular weight is 289 g/mol. The number of likely N-dealkylation sites (tertiary alicyclic amines) is 1. The molecule has 1 aliphatic heterocycles. The van der Waals surface area contributed by atoms with Crippen molar-refractivity contribution in [3.63, 3.8) is 0 Å². The van der Waals surface area contributed by atoms with Gasteiger partial charge in [-0.05, 0) is 44.7 Å². The first kappa shape index (κ1) is 15.7. The predicted molar refractivity (Wildman–Crippen MR) is 83.6 cm³/mol. The van der Waals surface area contributed by atoms with E-state index in [0.29, 0.717) is 11.3 Å². The van der Waals surface area contributed by atoms with Crippen LogP contribution in [0.5, 0.6) is 0 Å². The van der Waals surface area contributed by atoms with Gasteiger partial charge < -0.3 is 10.2 Å². The molecule has 4 heteroatoms. The van der Waals surface area contributed by atoms with Crippen molar-refractivity contribution in [2.45, 2.75) is 39.7 Å². The van der Waals surface area contributed by atoms with Gasteiger partial charge in [0.05, 0.1) is 13.1 Å². The number of hydrogen-bond acceptors (Lipinski definition) is 2. The number of nitrogens with one attached hydrogen (secondary N) is 2. The monoisotopic (exact) mass is 289 g/mol. The highest BCUT2D eigenvalue weighted by Gasteiger charge is 2.28. The highest BCUT2D eigenvalue weighted by molar-refractivity contribution is 5.97. The molecule has 2 rings (SSSR count). The molecule has 4 nitrogen and oxygen atoms in total. The smallest absolute Gasteiger partial charge is 0.282 e. The highest BCUT2D eigenvalue weighted by atomic mass is 16.2. The fraction of sp³-hybridized carbons (Fsp3) is 0.529. The molecule has 0 spiro atoms. The number of anilines is 1. The van der Waals surface area contributed by atoms with Crippen molar-refractivity contribution in [2.24, 2.45) is 5.92 Å². The zero-order valence-electron chi connectivity index (χ0n) is 13.1. The normalized spacial score (nSPS) is 23.4. The Morgan fingerprint density at radius 2 is 1.95 bits per heavy atom. The van der Waals surface area contributed by atoms with Crippen LogP contribution in [0.4, 0.5) is 5.69 Å². The molecule has 114 valence electrons. The molecule has 2 N–H and O–H groups in total. The molecule has 1 aromatic rings. The molecule has 1 aromatic carbocycles. The largest absolute Gasteiger partial charge is 0.325 e. The number of ketones is 1. The summed E-state index contributed by atoms with van der Waals surface area (Å²) in [4.78, 5) is 25.1. The second-order valence-electron chi connectivity index (χ2n) is 6.19. The summed E-state index contributed by atoms with van der Waals surface area (Å²) in [5.41, 5.74) is 1.32. The van der Waals surface area contributed by atoms with E-state index in [2.05, 4.69) is 12.2 Å². The molecule has 0 unspecified atom stereocenters. The number of piperidine rings is 1. The average Bonchev–Trinajstić information content (AvgIpc) is 2.47. The summed E-state index contributed by atoms with van der Waals surface area (Å²) < 4.78 is 0. The van der Waals surface area contributed by atoms with Gasteiger partial charge in [-0.1, -0.05) is 19.1 Å². The molecule has 21 heavy (non-hydrogen) atoms. The number of rotatable bonds is 4. The topological polar surface area (TPSA) is 50.6 Å². The number of amides is 1. The van der Waals surface area contributed by atoms with E-state index in [4.69, 9.17) is 0 Å². The van der Waals surface area contributed by atoms with E-state index in [0.717, 1.165) is 19.0 Å². The maximum absolute atomic E-state index is 12.4. The second kappa shape index (κ2) is 6.85. The Balaban J connectivity index is 1.97. The van der Waals surface area contributed by atoms with E-state index >= 15 is 0 Å². The number of hydrogen-bond donors (Lipinski definition) is 2. The zero-order valence-corrected chi connectivity index (χ0v) is 13.1. The molecule has 1 saturated heterocycles. The Morgan fingerprint density at radius 1 is 1.29 bits per heavy atom. The molecule has 0 bridgehead atoms. The van der Waals surface area contributed by atoms with Gasteiger partial charge in [0.25, 0.3) is 5.91 Å². The van der Waals surface area contributed by atoms with Gasteiger partial charge in [0.2, 0.25) is 0 Å². The van der Waals surface area contributed by atoms with Gasteiger partial charge in [0.15, 0.2) is 11.8 Å². The van der Waals surface area contributed by atoms with Gasteiger partial charge in [-0.2, -0.15) is 0 Å². The predicted octanol–water partition coefficient (Wildman–Crippen LogP) is 1.53. The molecule has 0 aromatic heterocycles. The summed E-state index contributed by atoms with van der Waals surface area (Å²) in [5.74, 6) is 0.811. The molecule has 1 heterocycles. The van der Waals surface area contributed by atoms with Gasteiger partial charge in [0.1, 0.15) is 0 Å². The molecular formula is C17H25N2O2+. The Kier molecular flexibility index (Phi) is 5.12. The summed E-state index contributed by atoms with van der Waals surface area (Å²) in [5, 5.41) is 2.93. The Hall–Kier alpha value is -1.68. The van der Waals surface area contributed by atoms with E-state index in [9.17, 15) is 9.59 Å². The molecule has 0 aliphatic carbocycles. The lowest BCUT2D eigenvalue weighted by molar-refractivity contribution is -0.919. The van der Waals surface area contributed by atoms with Crippen LogP contribution >= 0.6 is 0 Å². The minimum absolute atomic E-state index is 0.00907. The first-order valence-corrected chi connectivity index (χ1v) is 7.74. The van der Waals surface area contributed by atoms with Gasteiger partial charge in [-0.3, -0.25) is 9.59 Å². The maximum Gasteiger partial charge on any atom is 0.282 e. The molecule has 0 radical (unpaired) electrons. The summed E-state index contributed by atoms with van der Waals surface area (Å²) in [6.07, 6.45) is 2.37. The summed E-state index contributed by atoms with van der Waals surface area (Å²) in [6, 6.07) is 7.06. The van der Waals surface area contributed by atoms with Gasteiger partial charge >= 0.3 is 0 Å². The first-order chi connectivity index (χ1) is 9.97. The third kappa shape index (κ3) is 4.14. The molecule has 1 amide bonds. The number of carbonyl (C=O) groups is 2. The van der Waals surface area contributed by atoms with E-state index < -0.39 is 0 Å². The standard InChI is InChI=1S/C17H24N2O2/c1-12-7-9-19(10-8-12)13(2)17(21)18-16-6-4-5-15(11-16)14(3)20/h4-6,11-13H,7-10H2,1-3H3,(H,18,21)/p+1/t13-/m1/s1. The maximum atomic E-state index is 12.4. The van der Waals surface area contributed by atoms with Crippen LogP contribution in [-0.2, 0) is 4.79 Å². The lowest BCUT2D eigenvalue weighted by atomic mass is 9.98. The minimum atomic E-state index is -0.0570. The van der Waals surface area contributed by atoms with Crippen LogP contribution < -0.4 is 10.2 Å². The number of quaternary nitrogens is 1. The van der Waals surface area contributed by atoms with Gasteiger partial charge in [-0.15, -0.1) is 0 Å². The Morgan fingerprint density at radius 3 is 2.57 bits per heavy atom. The number of benzene rings is 1. The Labute approximate surface area is 126 Å². The SMILES string of the molecule is CC(=O)c1cccc(NC(=O)[C@@H](C)[NH+]2CCC(C)CC2)c1. The van der Waals surface area contributed by atoms with Crippen LogP contribution in [0.2, 0.25) is 0 Å². The van der Waals surface area contributed by atoms with E-state index in [-0.39, 0.29) is 17.7 Å². The van der Waals surface area contributed by atoms with Crippen molar-refractivity contribution in [2.75, 3.05) is 18.4 Å². The molecule has 1 fully saturated rings. The minimum Gasteiger partial charge on any atom is -0.325 e. The van der Waals surface area contributed by atoms with Crippen molar-refractivity contribution in [3.05, 3.63) is 29.8 Å². The second-order valence-corrected chi connectivity index (χ2v) is 6.19. The van der Waals surface area contributed by atoms with Crippen molar-refractivity contribution in [1.82, 2.24) is 0 Å². The summed E-state index contributed by atoms with van der Waals surface area (Å²) >= 11 is 0. The number of Topliss-reactive ketones (excluding diaryl/α,β-unsaturated/α-hetero) is 1. The molecule has 1 aliphatic rings. The first-order valence-electron chi connectivity index (χ1n) is 7.74. The fourth-order valence-electron chi connectivity index (χ4n) is 2.82. The summed E-state index contributed by atoms with van der Waals surface area (Å²) in [6.45, 7) is 7.90. The van der Waals surface area contributed by atoms with Gasteiger partial charge in [0, 0.05) is 11.3 Å². The van der Waals surface area contributed by atoms with E-state index in [1.54, 1.807) is 18.2 Å².